The van der Waals surface area contributed by atoms with Crippen LogP contribution in [0.5, 0.6) is 0 Å². The van der Waals surface area contributed by atoms with Crippen LogP contribution in [0.25, 0.3) is 0 Å². The van der Waals surface area contributed by atoms with Crippen LogP contribution in [0, 0.1) is 28.6 Å². The van der Waals surface area contributed by atoms with Gasteiger partial charge in [0, 0.05) is 5.92 Å². The molecule has 0 aromatic heterocycles. The lowest BCUT2D eigenvalue weighted by Crippen LogP contribution is -2.36. The minimum atomic E-state index is 0.294. The fraction of sp³-hybridized carbons (Fsp3) is 0.933. The number of rotatable bonds is 1. The van der Waals surface area contributed by atoms with E-state index in [0.29, 0.717) is 28.6 Å². The molecule has 0 aromatic carbocycles. The van der Waals surface area contributed by atoms with Crippen LogP contribution in [0.1, 0.15) is 60.8 Å². The monoisotopic (exact) mass is 224 g/mol. The summed E-state index contributed by atoms with van der Waals surface area (Å²) in [5.41, 5.74) is 0.677. The van der Waals surface area contributed by atoms with Crippen molar-refractivity contribution in [2.24, 2.45) is 28.6 Å². The molecule has 1 aliphatic rings. The Labute approximate surface area is 101 Å². The molecule has 0 N–H and O–H groups in total. The summed E-state index contributed by atoms with van der Waals surface area (Å²) in [6.45, 7) is 13.9. The normalized spacial score (nSPS) is 32.5. The van der Waals surface area contributed by atoms with Crippen LogP contribution in [0.3, 0.4) is 0 Å². The molecule has 1 heteroatoms. The van der Waals surface area contributed by atoms with Gasteiger partial charge in [0.1, 0.15) is 6.29 Å². The molecule has 1 rings (SSSR count). The third-order valence-corrected chi connectivity index (χ3v) is 4.39. The van der Waals surface area contributed by atoms with Crippen molar-refractivity contribution in [3.05, 3.63) is 0 Å². The standard InChI is InChI=1S/C15H28O/c1-14(2,3)12-7-11(10-16)8-13(9-12)15(4,5)6/h10-13H,7-9H2,1-6H3. The van der Waals surface area contributed by atoms with Crippen LogP contribution in [0.15, 0.2) is 0 Å². The first-order chi connectivity index (χ1) is 7.14. The van der Waals surface area contributed by atoms with E-state index in [-0.39, 0.29) is 0 Å². The van der Waals surface area contributed by atoms with Gasteiger partial charge in [-0.05, 0) is 41.9 Å². The lowest BCUT2D eigenvalue weighted by molar-refractivity contribution is -0.114. The molecule has 0 aliphatic heterocycles. The van der Waals surface area contributed by atoms with Crippen LogP contribution in [0.2, 0.25) is 0 Å². The highest BCUT2D eigenvalue weighted by Crippen LogP contribution is 2.47. The Balaban J connectivity index is 2.81. The molecule has 2 atom stereocenters. The van der Waals surface area contributed by atoms with Crippen LogP contribution in [-0.4, -0.2) is 6.29 Å². The molecule has 0 bridgehead atoms. The molecule has 0 radical (unpaired) electrons. The van der Waals surface area contributed by atoms with E-state index in [0.717, 1.165) is 12.8 Å². The van der Waals surface area contributed by atoms with Gasteiger partial charge in [0.05, 0.1) is 0 Å². The second-order valence-electron chi connectivity index (χ2n) is 7.73. The Morgan fingerprint density at radius 1 is 0.812 bits per heavy atom. The summed E-state index contributed by atoms with van der Waals surface area (Å²) in [6.07, 6.45) is 4.67. The molecule has 0 saturated heterocycles. The third kappa shape index (κ3) is 3.33. The summed E-state index contributed by atoms with van der Waals surface area (Å²) in [4.78, 5) is 11.1. The van der Waals surface area contributed by atoms with Crippen molar-refractivity contribution in [2.75, 3.05) is 0 Å². The van der Waals surface area contributed by atoms with E-state index < -0.39 is 0 Å². The molecule has 1 saturated carbocycles. The molecular weight excluding hydrogens is 196 g/mol. The van der Waals surface area contributed by atoms with Crippen LogP contribution < -0.4 is 0 Å². The van der Waals surface area contributed by atoms with E-state index in [1.165, 1.54) is 12.7 Å². The summed E-state index contributed by atoms with van der Waals surface area (Å²) in [5.74, 6) is 1.68. The average molecular weight is 224 g/mol. The van der Waals surface area contributed by atoms with Gasteiger partial charge in [0.25, 0.3) is 0 Å². The fourth-order valence-corrected chi connectivity index (χ4v) is 2.89. The molecule has 0 aromatic rings. The lowest BCUT2D eigenvalue weighted by atomic mass is 9.60. The molecule has 0 spiro atoms. The summed E-state index contributed by atoms with van der Waals surface area (Å²) >= 11 is 0. The van der Waals surface area contributed by atoms with E-state index in [9.17, 15) is 4.79 Å². The van der Waals surface area contributed by atoms with Crippen molar-refractivity contribution in [1.29, 1.82) is 0 Å². The molecule has 1 fully saturated rings. The third-order valence-electron chi connectivity index (χ3n) is 4.39. The van der Waals surface area contributed by atoms with Gasteiger partial charge in [0.2, 0.25) is 0 Å². The number of carbonyl (C=O) groups is 1. The topological polar surface area (TPSA) is 17.1 Å². The summed E-state index contributed by atoms with van der Waals surface area (Å²) < 4.78 is 0. The average Bonchev–Trinajstić information content (AvgIpc) is 2.14. The van der Waals surface area contributed by atoms with Crippen LogP contribution in [0.4, 0.5) is 0 Å². The molecule has 2 unspecified atom stereocenters. The lowest BCUT2D eigenvalue weighted by Gasteiger charge is -2.44. The summed E-state index contributed by atoms with van der Waals surface area (Å²) in [5, 5.41) is 0. The second kappa shape index (κ2) is 4.50. The Bertz CT molecular complexity index is 219. The molecule has 1 aliphatic carbocycles. The van der Waals surface area contributed by atoms with Gasteiger partial charge in [-0.1, -0.05) is 41.5 Å². The highest BCUT2D eigenvalue weighted by molar-refractivity contribution is 5.53. The Kier molecular flexibility index (Phi) is 3.87. The largest absolute Gasteiger partial charge is 0.303 e. The molecule has 1 nitrogen and oxygen atoms in total. The number of hydrogen-bond acceptors (Lipinski definition) is 1. The summed E-state index contributed by atoms with van der Waals surface area (Å²) in [7, 11) is 0. The molecule has 0 heterocycles. The molecule has 0 amide bonds. The second-order valence-corrected chi connectivity index (χ2v) is 7.73. The SMILES string of the molecule is CC(C)(C)C1CC(C=O)CC(C(C)(C)C)C1. The predicted octanol–water partition coefficient (Wildman–Crippen LogP) is 4.31. The maximum absolute atomic E-state index is 11.1. The van der Waals surface area contributed by atoms with E-state index in [2.05, 4.69) is 41.5 Å². The highest BCUT2D eigenvalue weighted by atomic mass is 16.1. The van der Waals surface area contributed by atoms with Crippen LogP contribution >= 0.6 is 0 Å². The minimum Gasteiger partial charge on any atom is -0.303 e. The van der Waals surface area contributed by atoms with Gasteiger partial charge in [0.15, 0.2) is 0 Å². The van der Waals surface area contributed by atoms with Gasteiger partial charge in [-0.3, -0.25) is 0 Å². The molecular formula is C15H28O. The van der Waals surface area contributed by atoms with E-state index >= 15 is 0 Å². The zero-order valence-corrected chi connectivity index (χ0v) is 11.8. The van der Waals surface area contributed by atoms with E-state index in [4.69, 9.17) is 0 Å². The number of carbonyl (C=O) groups excluding carboxylic acids is 1. The minimum absolute atomic E-state index is 0.294. The fourth-order valence-electron chi connectivity index (χ4n) is 2.89. The Morgan fingerprint density at radius 3 is 1.44 bits per heavy atom. The maximum atomic E-state index is 11.1. The highest BCUT2D eigenvalue weighted by Gasteiger charge is 2.39. The predicted molar refractivity (Wildman–Crippen MR) is 69.3 cm³/mol. The maximum Gasteiger partial charge on any atom is 0.123 e. The van der Waals surface area contributed by atoms with Crippen LogP contribution in [-0.2, 0) is 4.79 Å². The van der Waals surface area contributed by atoms with Crippen molar-refractivity contribution < 1.29 is 4.79 Å². The van der Waals surface area contributed by atoms with Crippen molar-refractivity contribution in [1.82, 2.24) is 0 Å². The quantitative estimate of drug-likeness (QED) is 0.607. The van der Waals surface area contributed by atoms with Crippen molar-refractivity contribution >= 4 is 6.29 Å². The van der Waals surface area contributed by atoms with Gasteiger partial charge >= 0.3 is 0 Å². The van der Waals surface area contributed by atoms with Gasteiger partial charge < -0.3 is 4.79 Å². The molecule has 94 valence electrons. The van der Waals surface area contributed by atoms with E-state index in [1.807, 2.05) is 0 Å². The first-order valence-electron chi connectivity index (χ1n) is 6.60. The van der Waals surface area contributed by atoms with Crippen molar-refractivity contribution in [2.45, 2.75) is 60.8 Å². The van der Waals surface area contributed by atoms with Gasteiger partial charge in [-0.25, -0.2) is 0 Å². The van der Waals surface area contributed by atoms with Crippen molar-refractivity contribution in [3.8, 4) is 0 Å². The zero-order valence-electron chi connectivity index (χ0n) is 11.8. The first-order valence-corrected chi connectivity index (χ1v) is 6.60. The van der Waals surface area contributed by atoms with Gasteiger partial charge in [-0.2, -0.15) is 0 Å². The smallest absolute Gasteiger partial charge is 0.123 e. The van der Waals surface area contributed by atoms with E-state index in [1.54, 1.807) is 0 Å². The first kappa shape index (κ1) is 13.7. The van der Waals surface area contributed by atoms with Gasteiger partial charge in [-0.15, -0.1) is 0 Å². The summed E-state index contributed by atoms with van der Waals surface area (Å²) in [6, 6.07) is 0. The Hall–Kier alpha value is -0.330. The molecule has 16 heavy (non-hydrogen) atoms. The number of aldehydes is 1. The number of hydrogen-bond donors (Lipinski definition) is 0. The Morgan fingerprint density at radius 2 is 1.19 bits per heavy atom. The van der Waals surface area contributed by atoms with Crippen molar-refractivity contribution in [3.63, 3.8) is 0 Å². The zero-order chi connectivity index (χ0) is 12.6.